The molecule has 0 radical (unpaired) electrons. The molecule has 0 bridgehead atoms. The predicted octanol–water partition coefficient (Wildman–Crippen LogP) is 16.0. The summed E-state index contributed by atoms with van der Waals surface area (Å²) in [6, 6.07) is 60.1. The molecule has 62 heavy (non-hydrogen) atoms. The van der Waals surface area contributed by atoms with Crippen LogP contribution >= 0.6 is 0 Å². The fourth-order valence-electron chi connectivity index (χ4n) is 9.49. The van der Waals surface area contributed by atoms with E-state index in [0.29, 0.717) is 0 Å². The van der Waals surface area contributed by atoms with Gasteiger partial charge < -0.3 is 5.32 Å². The molecule has 1 N–H and O–H groups in total. The zero-order chi connectivity index (χ0) is 42.0. The van der Waals surface area contributed by atoms with Crippen molar-refractivity contribution in [2.24, 2.45) is 0 Å². The number of para-hydroxylation sites is 1. The topological polar surface area (TPSA) is 12.0 Å². The summed E-state index contributed by atoms with van der Waals surface area (Å²) >= 11 is 0. The number of anilines is 1. The van der Waals surface area contributed by atoms with Crippen LogP contribution in [0.3, 0.4) is 0 Å². The Hall–Kier alpha value is -7.74. The van der Waals surface area contributed by atoms with Crippen molar-refractivity contribution >= 4 is 34.6 Å². The first-order valence-corrected chi connectivity index (χ1v) is 21.5. The van der Waals surface area contributed by atoms with E-state index in [4.69, 9.17) is 0 Å². The second-order valence-corrected chi connectivity index (χ2v) is 16.6. The molecule has 0 fully saturated rings. The number of allylic oxidation sites excluding steroid dienone is 10. The van der Waals surface area contributed by atoms with Gasteiger partial charge in [0.2, 0.25) is 0 Å². The van der Waals surface area contributed by atoms with E-state index in [-0.39, 0.29) is 5.41 Å². The largest absolute Gasteiger partial charge is 0.361 e. The number of nitrogens with one attached hydrogen (secondary N) is 1. The maximum absolute atomic E-state index is 3.97. The molecule has 0 saturated heterocycles. The quantitative estimate of drug-likeness (QED) is 0.165. The molecular weight excluding hydrogens is 747 g/mol. The van der Waals surface area contributed by atoms with Gasteiger partial charge in [0.25, 0.3) is 0 Å². The van der Waals surface area contributed by atoms with Gasteiger partial charge in [-0.25, -0.2) is 0 Å². The molecule has 7 aromatic rings. The van der Waals surface area contributed by atoms with Crippen LogP contribution in [0.4, 0.5) is 5.69 Å². The molecule has 0 unspecified atom stereocenters. The summed E-state index contributed by atoms with van der Waals surface area (Å²) in [5.41, 5.74) is 23.0. The maximum Gasteiger partial charge on any atom is 0.0459 e. The first-order valence-electron chi connectivity index (χ1n) is 21.5. The van der Waals surface area contributed by atoms with Crippen molar-refractivity contribution in [2.75, 3.05) is 5.32 Å². The van der Waals surface area contributed by atoms with E-state index in [1.807, 2.05) is 30.5 Å². The Labute approximate surface area is 366 Å². The van der Waals surface area contributed by atoms with Gasteiger partial charge in [-0.2, -0.15) is 0 Å². The lowest BCUT2D eigenvalue weighted by Crippen LogP contribution is -2.15. The molecule has 7 aromatic carbocycles. The molecule has 3 aliphatic rings. The second kappa shape index (κ2) is 16.4. The average molecular weight is 794 g/mol. The minimum absolute atomic E-state index is 0.283. The van der Waals surface area contributed by atoms with Crippen molar-refractivity contribution in [2.45, 2.75) is 19.3 Å². The van der Waals surface area contributed by atoms with E-state index in [2.05, 4.69) is 226 Å². The zero-order valence-corrected chi connectivity index (χ0v) is 35.1. The van der Waals surface area contributed by atoms with Crippen LogP contribution in [0.25, 0.3) is 62.3 Å². The second-order valence-electron chi connectivity index (χ2n) is 16.6. The van der Waals surface area contributed by atoms with Crippen LogP contribution in [0.1, 0.15) is 58.4 Å². The van der Waals surface area contributed by atoms with E-state index >= 15 is 0 Å². The third-order valence-corrected chi connectivity index (χ3v) is 12.5. The zero-order valence-electron chi connectivity index (χ0n) is 35.1. The van der Waals surface area contributed by atoms with Crippen molar-refractivity contribution in [1.29, 1.82) is 0 Å². The molecule has 0 aromatic heterocycles. The molecule has 1 aliphatic heterocycles. The van der Waals surface area contributed by atoms with Gasteiger partial charge >= 0.3 is 0 Å². The maximum atomic E-state index is 3.97. The van der Waals surface area contributed by atoms with E-state index in [1.54, 1.807) is 0 Å². The van der Waals surface area contributed by atoms with Crippen LogP contribution in [0, 0.1) is 0 Å². The molecule has 0 spiro atoms. The molecule has 0 saturated carbocycles. The van der Waals surface area contributed by atoms with Gasteiger partial charge in [-0.1, -0.05) is 215 Å². The van der Waals surface area contributed by atoms with Crippen LogP contribution in [-0.2, 0) is 5.41 Å². The van der Waals surface area contributed by atoms with Crippen LogP contribution in [0.5, 0.6) is 0 Å². The Morgan fingerprint density at radius 3 is 1.95 bits per heavy atom. The standard InChI is InChI=1S/C61H47N/c1-4-5-10-27-50-51-36-34-47(46-33-32-43-21-11-6-7-20-37-62-58-30-19-18-28-52(58)54(43)40-46)41-57(51)61(2,3)56(50)39-42-31-35-49-48-26-16-17-29-53(48)60(55(49)38-42)59(44-22-12-8-13-23-44)45-24-14-9-15-25-45/h4-41,62H,1H2,2-3H3/b7-6-,10-5+,21-11-,37-20+,50-27-,56-39+. The summed E-state index contributed by atoms with van der Waals surface area (Å²) < 4.78 is 0. The summed E-state index contributed by atoms with van der Waals surface area (Å²) in [7, 11) is 0. The Morgan fingerprint density at radius 2 is 1.18 bits per heavy atom. The van der Waals surface area contributed by atoms with Gasteiger partial charge in [0.05, 0.1) is 0 Å². The Morgan fingerprint density at radius 1 is 0.532 bits per heavy atom. The van der Waals surface area contributed by atoms with Crippen molar-refractivity contribution < 1.29 is 0 Å². The molecule has 2 aliphatic carbocycles. The van der Waals surface area contributed by atoms with Crippen molar-refractivity contribution in [1.82, 2.24) is 0 Å². The molecule has 1 nitrogen and oxygen atoms in total. The van der Waals surface area contributed by atoms with Crippen LogP contribution in [0.15, 0.2) is 231 Å². The summed E-state index contributed by atoms with van der Waals surface area (Å²) in [4.78, 5) is 0. The lowest BCUT2D eigenvalue weighted by atomic mass is 9.80. The van der Waals surface area contributed by atoms with Crippen LogP contribution in [0.2, 0.25) is 0 Å². The molecule has 296 valence electrons. The Balaban J connectivity index is 1.11. The van der Waals surface area contributed by atoms with E-state index < -0.39 is 0 Å². The van der Waals surface area contributed by atoms with Crippen molar-refractivity contribution in [3.8, 4) is 33.4 Å². The molecule has 0 amide bonds. The first kappa shape index (κ1) is 38.5. The molecular formula is C61H47N. The van der Waals surface area contributed by atoms with E-state index in [0.717, 1.165) is 5.69 Å². The lowest BCUT2D eigenvalue weighted by molar-refractivity contribution is 0.665. The number of rotatable bonds is 6. The van der Waals surface area contributed by atoms with Gasteiger partial charge in [0.15, 0.2) is 0 Å². The summed E-state index contributed by atoms with van der Waals surface area (Å²) in [5.74, 6) is 0. The molecule has 10 rings (SSSR count). The van der Waals surface area contributed by atoms with Gasteiger partial charge in [-0.3, -0.25) is 0 Å². The van der Waals surface area contributed by atoms with Crippen LogP contribution in [-0.4, -0.2) is 0 Å². The molecule has 1 heterocycles. The lowest BCUT2D eigenvalue weighted by Gasteiger charge is -2.23. The normalized spacial score (nSPS) is 17.2. The van der Waals surface area contributed by atoms with Crippen LogP contribution < -0.4 is 5.32 Å². The van der Waals surface area contributed by atoms with Gasteiger partial charge in [-0.15, -0.1) is 0 Å². The minimum atomic E-state index is -0.283. The fourth-order valence-corrected chi connectivity index (χ4v) is 9.49. The van der Waals surface area contributed by atoms with E-state index in [9.17, 15) is 0 Å². The number of hydrogen-bond acceptors (Lipinski definition) is 1. The van der Waals surface area contributed by atoms with Gasteiger partial charge in [0.1, 0.15) is 0 Å². The Bertz CT molecular complexity index is 3060. The smallest absolute Gasteiger partial charge is 0.0459 e. The summed E-state index contributed by atoms with van der Waals surface area (Å²) in [6.45, 7) is 8.72. The molecule has 1 heteroatoms. The minimum Gasteiger partial charge on any atom is -0.361 e. The van der Waals surface area contributed by atoms with E-state index in [1.165, 1.54) is 100 Å². The summed E-state index contributed by atoms with van der Waals surface area (Å²) in [5, 5.41) is 3.51. The fraction of sp³-hybridized carbons (Fsp3) is 0.0492. The summed E-state index contributed by atoms with van der Waals surface area (Å²) in [6.07, 6.45) is 23.1. The molecule has 0 atom stereocenters. The highest BCUT2D eigenvalue weighted by atomic mass is 14.8. The number of hydrogen-bond donors (Lipinski definition) is 1. The highest BCUT2D eigenvalue weighted by Crippen LogP contribution is 2.53. The third-order valence-electron chi connectivity index (χ3n) is 12.5. The predicted molar refractivity (Wildman–Crippen MR) is 266 cm³/mol. The van der Waals surface area contributed by atoms with Crippen molar-refractivity contribution in [3.05, 3.63) is 275 Å². The third kappa shape index (κ3) is 6.98. The van der Waals surface area contributed by atoms with Gasteiger partial charge in [-0.05, 0) is 125 Å². The SMILES string of the molecule is C=C/C=C/C=C1\C(=C/c2ccc3c(c2)C(=C(c2ccccc2)c2ccccc2)c2ccccc2-3)C(C)(C)c2cc(-c3ccc4c(c3)-c3ccccc3N/C=C/C=C\C=C/4)ccc21. The average Bonchev–Trinajstić information content (AvgIpc) is 3.72. The first-order chi connectivity index (χ1) is 30.5. The van der Waals surface area contributed by atoms with Gasteiger partial charge in [0, 0.05) is 22.9 Å². The number of benzene rings is 7. The monoisotopic (exact) mass is 793 g/mol. The highest BCUT2D eigenvalue weighted by molar-refractivity contribution is 6.14. The van der Waals surface area contributed by atoms with Crippen molar-refractivity contribution in [3.63, 3.8) is 0 Å². The Kier molecular flexibility index (Phi) is 10.2. The highest BCUT2D eigenvalue weighted by Gasteiger charge is 2.38. The number of fused-ring (bicyclic) bond motifs is 7.